The lowest BCUT2D eigenvalue weighted by Gasteiger charge is -2.33. The van der Waals surface area contributed by atoms with E-state index in [-0.39, 0.29) is 5.91 Å². The van der Waals surface area contributed by atoms with Gasteiger partial charge in [0.15, 0.2) is 5.76 Å². The smallest absolute Gasteiger partial charge is 0.234 e. The van der Waals surface area contributed by atoms with Crippen molar-refractivity contribution in [1.29, 1.82) is 0 Å². The Morgan fingerprint density at radius 1 is 1.23 bits per heavy atom. The van der Waals surface area contributed by atoms with Crippen LogP contribution >= 0.6 is 11.6 Å². The van der Waals surface area contributed by atoms with Crippen LogP contribution < -0.4 is 5.32 Å². The van der Waals surface area contributed by atoms with Gasteiger partial charge < -0.3 is 9.73 Å². The number of nitrogens with one attached hydrogen (secondary N) is 1. The second-order valence-corrected chi connectivity index (χ2v) is 7.46. The summed E-state index contributed by atoms with van der Waals surface area (Å²) in [7, 11) is 0. The Hall–Kier alpha value is -1.89. The number of carbonyl (C=O) groups is 1. The van der Waals surface area contributed by atoms with Crippen molar-refractivity contribution in [2.45, 2.75) is 25.4 Å². The second kappa shape index (κ2) is 7.78. The lowest BCUT2D eigenvalue weighted by molar-refractivity contribution is -0.122. The highest BCUT2D eigenvalue weighted by atomic mass is 35.5. The summed E-state index contributed by atoms with van der Waals surface area (Å²) in [5.74, 6) is 1.59. The number of rotatable bonds is 6. The minimum absolute atomic E-state index is 0.153. The molecule has 1 N–H and O–H groups in total. The van der Waals surface area contributed by atoms with Crippen LogP contribution in [0.15, 0.2) is 34.9 Å². The molecule has 0 atom stereocenters. The normalized spacial score (nSPS) is 18.8. The summed E-state index contributed by atoms with van der Waals surface area (Å²) in [6, 6.07) is 8.01. The van der Waals surface area contributed by atoms with Crippen molar-refractivity contribution < 1.29 is 9.21 Å². The Kier molecular flexibility index (Phi) is 5.24. The zero-order valence-electron chi connectivity index (χ0n) is 14.7. The van der Waals surface area contributed by atoms with Gasteiger partial charge in [-0.15, -0.1) is 0 Å². The molecule has 2 fully saturated rings. The van der Waals surface area contributed by atoms with Crippen LogP contribution in [0.25, 0.3) is 11.3 Å². The lowest BCUT2D eigenvalue weighted by atomic mass is 10.2. The Morgan fingerprint density at radius 3 is 2.73 bits per heavy atom. The van der Waals surface area contributed by atoms with Gasteiger partial charge in [-0.25, -0.2) is 4.98 Å². The fourth-order valence-corrected chi connectivity index (χ4v) is 3.35. The van der Waals surface area contributed by atoms with Crippen LogP contribution in [0.5, 0.6) is 0 Å². The molecule has 1 aliphatic heterocycles. The molecule has 0 bridgehead atoms. The van der Waals surface area contributed by atoms with Gasteiger partial charge in [-0.1, -0.05) is 23.7 Å². The quantitative estimate of drug-likeness (QED) is 0.841. The van der Waals surface area contributed by atoms with E-state index in [2.05, 4.69) is 20.1 Å². The largest absolute Gasteiger partial charge is 0.439 e. The molecule has 2 aliphatic rings. The van der Waals surface area contributed by atoms with Gasteiger partial charge in [0, 0.05) is 42.8 Å². The molecule has 1 aromatic heterocycles. The SMILES string of the molecule is O=C(CN1CCN(Cc2ncc(-c3cccc(Cl)c3)o2)CC1)NC1CC1. The first kappa shape index (κ1) is 17.5. The molecule has 138 valence electrons. The van der Waals surface area contributed by atoms with Crippen molar-refractivity contribution in [3.05, 3.63) is 41.4 Å². The van der Waals surface area contributed by atoms with E-state index in [1.807, 2.05) is 24.3 Å². The van der Waals surface area contributed by atoms with Crippen LogP contribution in [0.1, 0.15) is 18.7 Å². The molecule has 6 nitrogen and oxygen atoms in total. The molecule has 2 heterocycles. The summed E-state index contributed by atoms with van der Waals surface area (Å²) >= 11 is 6.03. The number of carbonyl (C=O) groups excluding carboxylic acids is 1. The van der Waals surface area contributed by atoms with Gasteiger partial charge in [0.05, 0.1) is 19.3 Å². The third-order valence-corrected chi connectivity index (χ3v) is 5.03. The standard InChI is InChI=1S/C19H23ClN4O2/c20-15-3-1-2-14(10-15)17-11-21-19(26-17)13-24-8-6-23(7-9-24)12-18(25)22-16-4-5-16/h1-3,10-11,16H,4-9,12-13H2,(H,22,25). The average molecular weight is 375 g/mol. The van der Waals surface area contributed by atoms with Gasteiger partial charge in [-0.2, -0.15) is 0 Å². The second-order valence-electron chi connectivity index (χ2n) is 7.02. The molecular weight excluding hydrogens is 352 g/mol. The van der Waals surface area contributed by atoms with Gasteiger partial charge in [0.25, 0.3) is 0 Å². The number of amides is 1. The average Bonchev–Trinajstić information content (AvgIpc) is 3.31. The van der Waals surface area contributed by atoms with E-state index >= 15 is 0 Å². The van der Waals surface area contributed by atoms with E-state index < -0.39 is 0 Å². The number of nitrogens with zero attached hydrogens (tertiary/aromatic N) is 3. The van der Waals surface area contributed by atoms with Gasteiger partial charge in [0.2, 0.25) is 11.8 Å². The number of aromatic nitrogens is 1. The number of hydrogen-bond donors (Lipinski definition) is 1. The van der Waals surface area contributed by atoms with E-state index in [1.54, 1.807) is 6.20 Å². The predicted molar refractivity (Wildman–Crippen MR) is 99.8 cm³/mol. The van der Waals surface area contributed by atoms with Gasteiger partial charge >= 0.3 is 0 Å². The lowest BCUT2D eigenvalue weighted by Crippen LogP contribution is -2.49. The minimum atomic E-state index is 0.153. The first-order valence-electron chi connectivity index (χ1n) is 9.10. The predicted octanol–water partition coefficient (Wildman–Crippen LogP) is 2.39. The Labute approximate surface area is 158 Å². The number of benzene rings is 1. The van der Waals surface area contributed by atoms with Crippen LogP contribution in [0.3, 0.4) is 0 Å². The summed E-state index contributed by atoms with van der Waals surface area (Å²) in [5, 5.41) is 3.73. The van der Waals surface area contributed by atoms with Crippen LogP contribution in [0.4, 0.5) is 0 Å². The van der Waals surface area contributed by atoms with Crippen molar-refractivity contribution in [3.63, 3.8) is 0 Å². The van der Waals surface area contributed by atoms with E-state index in [0.29, 0.717) is 30.0 Å². The van der Waals surface area contributed by atoms with Crippen molar-refractivity contribution in [2.24, 2.45) is 0 Å². The molecule has 1 amide bonds. The van der Waals surface area contributed by atoms with Crippen molar-refractivity contribution >= 4 is 17.5 Å². The number of hydrogen-bond acceptors (Lipinski definition) is 5. The molecule has 1 saturated heterocycles. The first-order valence-corrected chi connectivity index (χ1v) is 9.48. The van der Waals surface area contributed by atoms with Gasteiger partial charge in [0.1, 0.15) is 0 Å². The Bertz CT molecular complexity index is 766. The Morgan fingerprint density at radius 2 is 2.00 bits per heavy atom. The maximum Gasteiger partial charge on any atom is 0.234 e. The highest BCUT2D eigenvalue weighted by Gasteiger charge is 2.25. The fourth-order valence-electron chi connectivity index (χ4n) is 3.16. The van der Waals surface area contributed by atoms with Gasteiger partial charge in [-0.05, 0) is 25.0 Å². The third-order valence-electron chi connectivity index (χ3n) is 4.80. The fraction of sp³-hybridized carbons (Fsp3) is 0.474. The summed E-state index contributed by atoms with van der Waals surface area (Å²) < 4.78 is 5.88. The Balaban J connectivity index is 1.26. The molecule has 4 rings (SSSR count). The summed E-state index contributed by atoms with van der Waals surface area (Å²) in [5.41, 5.74) is 0.933. The molecule has 7 heteroatoms. The molecule has 1 aliphatic carbocycles. The highest BCUT2D eigenvalue weighted by molar-refractivity contribution is 6.30. The van der Waals surface area contributed by atoms with Gasteiger partial charge in [-0.3, -0.25) is 14.6 Å². The maximum absolute atomic E-state index is 11.9. The number of piperazine rings is 1. The summed E-state index contributed by atoms with van der Waals surface area (Å²) in [6.07, 6.45) is 4.01. The van der Waals surface area contributed by atoms with E-state index in [4.69, 9.17) is 16.0 Å². The zero-order chi connectivity index (χ0) is 17.9. The number of halogens is 1. The zero-order valence-corrected chi connectivity index (χ0v) is 15.4. The molecular formula is C19H23ClN4O2. The third kappa shape index (κ3) is 4.63. The molecule has 1 aromatic carbocycles. The van der Waals surface area contributed by atoms with E-state index in [9.17, 15) is 4.79 Å². The van der Waals surface area contributed by atoms with Crippen molar-refractivity contribution in [2.75, 3.05) is 32.7 Å². The molecule has 0 radical (unpaired) electrons. The van der Waals surface area contributed by atoms with Crippen LogP contribution in [0.2, 0.25) is 5.02 Å². The topological polar surface area (TPSA) is 61.6 Å². The summed E-state index contributed by atoms with van der Waals surface area (Å²) in [4.78, 5) is 20.8. The molecule has 0 unspecified atom stereocenters. The van der Waals surface area contributed by atoms with E-state index in [1.165, 1.54) is 0 Å². The highest BCUT2D eigenvalue weighted by Crippen LogP contribution is 2.24. The monoisotopic (exact) mass is 374 g/mol. The number of oxazole rings is 1. The molecule has 1 saturated carbocycles. The molecule has 2 aromatic rings. The van der Waals surface area contributed by atoms with E-state index in [0.717, 1.165) is 50.3 Å². The van der Waals surface area contributed by atoms with Crippen molar-refractivity contribution in [3.8, 4) is 11.3 Å². The summed E-state index contributed by atoms with van der Waals surface area (Å²) in [6.45, 7) is 4.78. The maximum atomic E-state index is 11.9. The molecule has 0 spiro atoms. The first-order chi connectivity index (χ1) is 12.7. The van der Waals surface area contributed by atoms with Crippen LogP contribution in [0, 0.1) is 0 Å². The van der Waals surface area contributed by atoms with Crippen LogP contribution in [-0.4, -0.2) is 59.5 Å². The minimum Gasteiger partial charge on any atom is -0.439 e. The van der Waals surface area contributed by atoms with Crippen LogP contribution in [-0.2, 0) is 11.3 Å². The molecule has 26 heavy (non-hydrogen) atoms. The van der Waals surface area contributed by atoms with Crippen molar-refractivity contribution in [1.82, 2.24) is 20.1 Å².